The molecule has 8 heteroatoms. The molecule has 3 rings (SSSR count). The van der Waals surface area contributed by atoms with Crippen LogP contribution in [0.3, 0.4) is 0 Å². The molecule has 2 N–H and O–H groups in total. The van der Waals surface area contributed by atoms with E-state index in [2.05, 4.69) is 0 Å². The first-order valence-corrected chi connectivity index (χ1v) is 8.47. The zero-order valence-electron chi connectivity index (χ0n) is 14.7. The number of carboxylic acids is 2. The highest BCUT2D eigenvalue weighted by Crippen LogP contribution is 2.68. The van der Waals surface area contributed by atoms with Gasteiger partial charge in [-0.25, -0.2) is 0 Å². The number of nitrogens with zero attached hydrogens (tertiary/aromatic N) is 1. The highest BCUT2D eigenvalue weighted by Gasteiger charge is 2.81. The Bertz CT molecular complexity index is 749. The Balaban J connectivity index is 1.86. The lowest BCUT2D eigenvalue weighted by Gasteiger charge is -2.21. The van der Waals surface area contributed by atoms with E-state index in [1.807, 2.05) is 13.8 Å². The molecule has 1 aromatic rings. The largest absolute Gasteiger partial charge is 0.490 e. The summed E-state index contributed by atoms with van der Waals surface area (Å²) in [5.41, 5.74) is -2.47. The normalized spacial score (nSPS) is 26.2. The molecular formula is C18H21NO7. The number of likely N-dealkylation sites (tertiary alicyclic amines) is 1. The molecule has 1 saturated heterocycles. The van der Waals surface area contributed by atoms with E-state index in [9.17, 15) is 24.6 Å². The Morgan fingerprint density at radius 1 is 1.00 bits per heavy atom. The monoisotopic (exact) mass is 363 g/mol. The van der Waals surface area contributed by atoms with Crippen LogP contribution >= 0.6 is 0 Å². The van der Waals surface area contributed by atoms with E-state index in [0.717, 1.165) is 0 Å². The Morgan fingerprint density at radius 3 is 2.04 bits per heavy atom. The third-order valence-corrected chi connectivity index (χ3v) is 5.21. The number of carboxylic acid groups (broad SMARTS) is 2. The van der Waals surface area contributed by atoms with E-state index in [1.165, 1.54) is 4.90 Å². The standard InChI is InChI=1S/C18H21NO7/c1-3-25-12-6-5-11(7-13(12)26-4-2)14(20)19-9-17(15(21)22)8-18(17,10-19)16(23)24/h5-7H,3-4,8-10H2,1-2H3,(H,21,22)(H,23,24)/t17-,18+. The second kappa shape index (κ2) is 6.19. The number of hydrogen-bond acceptors (Lipinski definition) is 5. The summed E-state index contributed by atoms with van der Waals surface area (Å²) < 4.78 is 11.0. The topological polar surface area (TPSA) is 113 Å². The lowest BCUT2D eigenvalue weighted by Crippen LogP contribution is -2.34. The van der Waals surface area contributed by atoms with Gasteiger partial charge in [-0.05, 0) is 38.5 Å². The van der Waals surface area contributed by atoms with Crippen LogP contribution in [0.1, 0.15) is 30.6 Å². The van der Waals surface area contributed by atoms with Gasteiger partial charge in [0, 0.05) is 18.7 Å². The van der Waals surface area contributed by atoms with Gasteiger partial charge in [-0.15, -0.1) is 0 Å². The molecule has 2 atom stereocenters. The van der Waals surface area contributed by atoms with Crippen LogP contribution in [0.15, 0.2) is 18.2 Å². The van der Waals surface area contributed by atoms with Crippen LogP contribution in [-0.4, -0.2) is 59.3 Å². The molecule has 1 aromatic carbocycles. The number of benzene rings is 1. The van der Waals surface area contributed by atoms with Gasteiger partial charge < -0.3 is 24.6 Å². The summed E-state index contributed by atoms with van der Waals surface area (Å²) in [5, 5.41) is 18.9. The summed E-state index contributed by atoms with van der Waals surface area (Å²) in [7, 11) is 0. The van der Waals surface area contributed by atoms with Crippen molar-refractivity contribution in [2.24, 2.45) is 10.8 Å². The third-order valence-electron chi connectivity index (χ3n) is 5.21. The van der Waals surface area contributed by atoms with Crippen molar-refractivity contribution in [3.8, 4) is 11.5 Å². The van der Waals surface area contributed by atoms with E-state index < -0.39 is 28.7 Å². The molecule has 2 fully saturated rings. The molecule has 1 aliphatic heterocycles. The Kier molecular flexibility index (Phi) is 4.29. The summed E-state index contributed by atoms with van der Waals surface area (Å²) in [6, 6.07) is 4.74. The molecule has 8 nitrogen and oxygen atoms in total. The average molecular weight is 363 g/mol. The molecule has 0 bridgehead atoms. The second-order valence-corrected chi connectivity index (χ2v) is 6.64. The molecule has 0 spiro atoms. The molecule has 140 valence electrons. The maximum atomic E-state index is 12.8. The number of hydrogen-bond donors (Lipinski definition) is 2. The second-order valence-electron chi connectivity index (χ2n) is 6.64. The Hall–Kier alpha value is -2.77. The van der Waals surface area contributed by atoms with Crippen LogP contribution in [0.25, 0.3) is 0 Å². The fraction of sp³-hybridized carbons (Fsp3) is 0.500. The molecular weight excluding hydrogens is 342 g/mol. The van der Waals surface area contributed by atoms with Crippen molar-refractivity contribution in [1.82, 2.24) is 4.90 Å². The summed E-state index contributed by atoms with van der Waals surface area (Å²) >= 11 is 0. The van der Waals surface area contributed by atoms with Gasteiger partial charge in [0.2, 0.25) is 0 Å². The van der Waals surface area contributed by atoms with Crippen LogP contribution < -0.4 is 9.47 Å². The zero-order valence-corrected chi connectivity index (χ0v) is 14.7. The molecule has 1 heterocycles. The molecule has 0 aromatic heterocycles. The van der Waals surface area contributed by atoms with Crippen LogP contribution in [0.4, 0.5) is 0 Å². The van der Waals surface area contributed by atoms with Gasteiger partial charge in [0.1, 0.15) is 10.8 Å². The predicted molar refractivity (Wildman–Crippen MR) is 89.4 cm³/mol. The van der Waals surface area contributed by atoms with Crippen LogP contribution in [0.5, 0.6) is 11.5 Å². The fourth-order valence-corrected chi connectivity index (χ4v) is 3.80. The van der Waals surface area contributed by atoms with Crippen molar-refractivity contribution >= 4 is 17.8 Å². The van der Waals surface area contributed by atoms with E-state index >= 15 is 0 Å². The summed E-state index contributed by atoms with van der Waals surface area (Å²) in [4.78, 5) is 37.3. The number of ether oxygens (including phenoxy) is 2. The van der Waals surface area contributed by atoms with Crippen molar-refractivity contribution in [2.45, 2.75) is 20.3 Å². The van der Waals surface area contributed by atoms with Crippen molar-refractivity contribution in [3.05, 3.63) is 23.8 Å². The first-order chi connectivity index (χ1) is 12.3. The van der Waals surface area contributed by atoms with Crippen molar-refractivity contribution < 1.29 is 34.1 Å². The molecule has 0 unspecified atom stereocenters. The number of fused-ring (bicyclic) bond motifs is 1. The minimum Gasteiger partial charge on any atom is -0.490 e. The minimum atomic E-state index is -1.39. The van der Waals surface area contributed by atoms with Gasteiger partial charge in [0.05, 0.1) is 13.2 Å². The van der Waals surface area contributed by atoms with Crippen molar-refractivity contribution in [2.75, 3.05) is 26.3 Å². The quantitative estimate of drug-likeness (QED) is 0.754. The number of rotatable bonds is 7. The minimum absolute atomic E-state index is 0.0575. The number of carbonyl (C=O) groups excluding carboxylic acids is 1. The van der Waals surface area contributed by atoms with Crippen LogP contribution in [0, 0.1) is 10.8 Å². The van der Waals surface area contributed by atoms with Crippen molar-refractivity contribution in [3.63, 3.8) is 0 Å². The molecule has 1 aliphatic carbocycles. The fourth-order valence-electron chi connectivity index (χ4n) is 3.80. The van der Waals surface area contributed by atoms with Gasteiger partial charge in [-0.1, -0.05) is 0 Å². The van der Waals surface area contributed by atoms with Gasteiger partial charge in [-0.2, -0.15) is 0 Å². The first kappa shape index (κ1) is 18.0. The smallest absolute Gasteiger partial charge is 0.312 e. The maximum Gasteiger partial charge on any atom is 0.312 e. The molecule has 26 heavy (non-hydrogen) atoms. The van der Waals surface area contributed by atoms with E-state index in [0.29, 0.717) is 30.3 Å². The summed E-state index contributed by atoms with van der Waals surface area (Å²) in [6.45, 7) is 4.27. The van der Waals surface area contributed by atoms with E-state index in [4.69, 9.17) is 9.47 Å². The lowest BCUT2D eigenvalue weighted by molar-refractivity contribution is -0.151. The van der Waals surface area contributed by atoms with E-state index in [1.54, 1.807) is 18.2 Å². The molecule has 1 amide bonds. The van der Waals surface area contributed by atoms with Gasteiger partial charge in [0.25, 0.3) is 5.91 Å². The summed E-state index contributed by atoms with van der Waals surface area (Å²) in [6.07, 6.45) is 0.0575. The van der Waals surface area contributed by atoms with Gasteiger partial charge in [0.15, 0.2) is 11.5 Å². The van der Waals surface area contributed by atoms with Gasteiger partial charge in [-0.3, -0.25) is 14.4 Å². The van der Waals surface area contributed by atoms with Crippen LogP contribution in [-0.2, 0) is 9.59 Å². The third kappa shape index (κ3) is 2.48. The summed E-state index contributed by atoms with van der Waals surface area (Å²) in [5.74, 6) is -1.82. The van der Waals surface area contributed by atoms with E-state index in [-0.39, 0.29) is 19.5 Å². The number of piperidine rings is 1. The lowest BCUT2D eigenvalue weighted by atomic mass is 9.97. The molecule has 2 aliphatic rings. The average Bonchev–Trinajstić information content (AvgIpc) is 3.14. The SMILES string of the molecule is CCOc1ccc(C(=O)N2C[C@@]3(C(=O)O)C[C@@]3(C(=O)O)C2)cc1OCC. The first-order valence-electron chi connectivity index (χ1n) is 8.47. The highest BCUT2D eigenvalue weighted by molar-refractivity contribution is 6.00. The van der Waals surface area contributed by atoms with Crippen molar-refractivity contribution in [1.29, 1.82) is 0 Å². The number of amides is 1. The molecule has 0 radical (unpaired) electrons. The Morgan fingerprint density at radius 2 is 1.54 bits per heavy atom. The molecule has 1 saturated carbocycles. The van der Waals surface area contributed by atoms with Gasteiger partial charge >= 0.3 is 11.9 Å². The van der Waals surface area contributed by atoms with Crippen LogP contribution in [0.2, 0.25) is 0 Å². The predicted octanol–water partition coefficient (Wildman–Crippen LogP) is 1.49. The highest BCUT2D eigenvalue weighted by atomic mass is 16.5. The number of carbonyl (C=O) groups is 3. The maximum absolute atomic E-state index is 12.8. The zero-order chi connectivity index (χ0) is 19.1. The number of aliphatic carboxylic acids is 2. The Labute approximate surface area is 150 Å².